The SMILES string of the molecule is Cc1cc2c(cc1C(=O)O)NC(=O)C2=C(Nc1ccc(C(=O)NCCN(C)CCO)cc1)c1ccccc1. The number of aliphatic hydroxyl groups is 1. The number of aromatic carboxylic acids is 1. The van der Waals surface area contributed by atoms with E-state index in [1.165, 1.54) is 6.07 Å². The zero-order valence-corrected chi connectivity index (χ0v) is 21.2. The zero-order valence-electron chi connectivity index (χ0n) is 21.2. The maximum Gasteiger partial charge on any atom is 0.336 e. The summed E-state index contributed by atoms with van der Waals surface area (Å²) in [7, 11) is 1.87. The number of likely N-dealkylation sites (N-methyl/N-ethyl adjacent to an activating group) is 1. The van der Waals surface area contributed by atoms with Gasteiger partial charge in [0, 0.05) is 36.4 Å². The summed E-state index contributed by atoms with van der Waals surface area (Å²) < 4.78 is 0. The number of carboxylic acid groups (broad SMARTS) is 1. The quantitative estimate of drug-likeness (QED) is 0.263. The van der Waals surface area contributed by atoms with Crippen LogP contribution in [0.15, 0.2) is 66.7 Å². The molecule has 0 bridgehead atoms. The molecule has 0 atom stereocenters. The molecule has 3 aromatic carbocycles. The Balaban J connectivity index is 1.62. The van der Waals surface area contributed by atoms with Crippen molar-refractivity contribution in [1.82, 2.24) is 10.2 Å². The van der Waals surface area contributed by atoms with Crippen LogP contribution in [0.5, 0.6) is 0 Å². The van der Waals surface area contributed by atoms with Gasteiger partial charge in [0.15, 0.2) is 0 Å². The minimum atomic E-state index is -1.06. The Morgan fingerprint density at radius 3 is 2.34 bits per heavy atom. The van der Waals surface area contributed by atoms with Crippen LogP contribution >= 0.6 is 0 Å². The van der Waals surface area contributed by atoms with E-state index in [1.807, 2.05) is 42.3 Å². The first kappa shape index (κ1) is 26.6. The topological polar surface area (TPSA) is 131 Å². The molecule has 0 saturated carbocycles. The molecule has 0 radical (unpaired) electrons. The molecule has 9 heteroatoms. The maximum atomic E-state index is 13.1. The summed E-state index contributed by atoms with van der Waals surface area (Å²) >= 11 is 0. The van der Waals surface area contributed by atoms with E-state index in [9.17, 15) is 19.5 Å². The van der Waals surface area contributed by atoms with E-state index in [0.29, 0.717) is 59.0 Å². The van der Waals surface area contributed by atoms with Crippen LogP contribution in [0.3, 0.4) is 0 Å². The summed E-state index contributed by atoms with van der Waals surface area (Å²) in [4.78, 5) is 39.2. The van der Waals surface area contributed by atoms with Crippen molar-refractivity contribution in [2.45, 2.75) is 6.92 Å². The minimum Gasteiger partial charge on any atom is -0.478 e. The average molecular weight is 515 g/mol. The minimum absolute atomic E-state index is 0.0657. The van der Waals surface area contributed by atoms with Crippen molar-refractivity contribution in [3.05, 3.63) is 94.5 Å². The number of nitrogens with one attached hydrogen (secondary N) is 3. The number of amides is 2. The average Bonchev–Trinajstić information content (AvgIpc) is 3.21. The molecular weight excluding hydrogens is 484 g/mol. The van der Waals surface area contributed by atoms with E-state index in [1.54, 1.807) is 37.3 Å². The highest BCUT2D eigenvalue weighted by molar-refractivity contribution is 6.37. The number of aliphatic hydroxyl groups excluding tert-OH is 1. The lowest BCUT2D eigenvalue weighted by Crippen LogP contribution is -2.34. The van der Waals surface area contributed by atoms with Crippen molar-refractivity contribution in [1.29, 1.82) is 0 Å². The van der Waals surface area contributed by atoms with Crippen LogP contribution < -0.4 is 16.0 Å². The second-order valence-corrected chi connectivity index (χ2v) is 9.07. The van der Waals surface area contributed by atoms with Crippen molar-refractivity contribution in [2.75, 3.05) is 43.9 Å². The zero-order chi connectivity index (χ0) is 27.2. The number of carboxylic acids is 1. The molecule has 0 saturated heterocycles. The Morgan fingerprint density at radius 1 is 0.974 bits per heavy atom. The predicted octanol–water partition coefficient (Wildman–Crippen LogP) is 3.28. The van der Waals surface area contributed by atoms with Gasteiger partial charge in [-0.2, -0.15) is 0 Å². The molecule has 38 heavy (non-hydrogen) atoms. The van der Waals surface area contributed by atoms with Crippen LogP contribution in [-0.2, 0) is 4.79 Å². The smallest absolute Gasteiger partial charge is 0.336 e. The molecule has 3 aromatic rings. The molecule has 1 aliphatic heterocycles. The van der Waals surface area contributed by atoms with E-state index < -0.39 is 5.97 Å². The number of hydrogen-bond acceptors (Lipinski definition) is 6. The summed E-state index contributed by atoms with van der Waals surface area (Å²) in [6.07, 6.45) is 0. The van der Waals surface area contributed by atoms with Gasteiger partial charge in [-0.1, -0.05) is 30.3 Å². The number of benzene rings is 3. The third-order valence-corrected chi connectivity index (χ3v) is 6.33. The summed E-state index contributed by atoms with van der Waals surface area (Å²) in [6, 6.07) is 19.5. The summed E-state index contributed by atoms with van der Waals surface area (Å²) in [5, 5.41) is 27.5. The lowest BCUT2D eigenvalue weighted by atomic mass is 9.96. The molecule has 9 nitrogen and oxygen atoms in total. The van der Waals surface area contributed by atoms with E-state index in [0.717, 1.165) is 5.56 Å². The molecule has 1 heterocycles. The van der Waals surface area contributed by atoms with Gasteiger partial charge in [0.05, 0.1) is 29.1 Å². The molecular formula is C29H30N4O5. The van der Waals surface area contributed by atoms with Gasteiger partial charge < -0.3 is 31.1 Å². The molecule has 2 amide bonds. The van der Waals surface area contributed by atoms with E-state index in [2.05, 4.69) is 16.0 Å². The van der Waals surface area contributed by atoms with Gasteiger partial charge in [-0.3, -0.25) is 9.59 Å². The van der Waals surface area contributed by atoms with Crippen LogP contribution in [0.1, 0.15) is 37.4 Å². The standard InChI is InChI=1S/C29H30N4O5/c1-18-16-23-24(17-22(18)29(37)38)32-28(36)25(23)26(19-6-4-3-5-7-19)31-21-10-8-20(9-11-21)27(35)30-12-13-33(2)14-15-34/h3-11,16-17,31,34H,12-15H2,1-2H3,(H,30,35)(H,32,36)(H,37,38). The number of fused-ring (bicyclic) bond motifs is 1. The fraction of sp³-hybridized carbons (Fsp3) is 0.207. The first-order valence-electron chi connectivity index (χ1n) is 12.2. The van der Waals surface area contributed by atoms with Crippen molar-refractivity contribution in [3.8, 4) is 0 Å². The van der Waals surface area contributed by atoms with Crippen molar-refractivity contribution in [2.24, 2.45) is 0 Å². The number of carbonyl (C=O) groups excluding carboxylic acids is 2. The normalized spacial score (nSPS) is 13.6. The van der Waals surface area contributed by atoms with E-state index >= 15 is 0 Å². The number of carbonyl (C=O) groups is 3. The van der Waals surface area contributed by atoms with Crippen molar-refractivity contribution in [3.63, 3.8) is 0 Å². The Hall–Kier alpha value is -4.47. The van der Waals surface area contributed by atoms with Gasteiger partial charge in [-0.25, -0.2) is 4.79 Å². The molecule has 1 aliphatic rings. The highest BCUT2D eigenvalue weighted by Gasteiger charge is 2.30. The number of aryl methyl sites for hydroxylation is 1. The largest absolute Gasteiger partial charge is 0.478 e. The third-order valence-electron chi connectivity index (χ3n) is 6.33. The Kier molecular flexibility index (Phi) is 8.20. The molecule has 0 aromatic heterocycles. The second-order valence-electron chi connectivity index (χ2n) is 9.07. The molecule has 4 rings (SSSR count). The molecule has 0 fully saturated rings. The Morgan fingerprint density at radius 2 is 1.68 bits per heavy atom. The monoisotopic (exact) mass is 514 g/mol. The summed E-state index contributed by atoms with van der Waals surface area (Å²) in [6.45, 7) is 3.39. The number of rotatable bonds is 10. The fourth-order valence-corrected chi connectivity index (χ4v) is 4.28. The Bertz CT molecular complexity index is 1380. The van der Waals surface area contributed by atoms with Crippen LogP contribution in [0.2, 0.25) is 0 Å². The first-order valence-corrected chi connectivity index (χ1v) is 12.2. The second kappa shape index (κ2) is 11.7. The molecule has 196 valence electrons. The van der Waals surface area contributed by atoms with Gasteiger partial charge in [0.25, 0.3) is 11.8 Å². The van der Waals surface area contributed by atoms with Gasteiger partial charge in [0.1, 0.15) is 0 Å². The van der Waals surface area contributed by atoms with Crippen LogP contribution in [-0.4, -0.2) is 66.2 Å². The lowest BCUT2D eigenvalue weighted by molar-refractivity contribution is -0.110. The van der Waals surface area contributed by atoms with Gasteiger partial charge >= 0.3 is 5.97 Å². The van der Waals surface area contributed by atoms with Gasteiger partial charge in [-0.15, -0.1) is 0 Å². The van der Waals surface area contributed by atoms with Crippen LogP contribution in [0.4, 0.5) is 11.4 Å². The van der Waals surface area contributed by atoms with Gasteiger partial charge in [-0.05, 0) is 61.5 Å². The van der Waals surface area contributed by atoms with Crippen LogP contribution in [0, 0.1) is 6.92 Å². The highest BCUT2D eigenvalue weighted by Crippen LogP contribution is 2.39. The van der Waals surface area contributed by atoms with E-state index in [4.69, 9.17) is 5.11 Å². The molecule has 0 unspecified atom stereocenters. The van der Waals surface area contributed by atoms with Crippen molar-refractivity contribution >= 4 is 40.4 Å². The number of hydrogen-bond donors (Lipinski definition) is 5. The lowest BCUT2D eigenvalue weighted by Gasteiger charge is -2.16. The molecule has 5 N–H and O–H groups in total. The highest BCUT2D eigenvalue weighted by atomic mass is 16.4. The molecule has 0 aliphatic carbocycles. The maximum absolute atomic E-state index is 13.1. The number of nitrogens with zero attached hydrogens (tertiary/aromatic N) is 1. The van der Waals surface area contributed by atoms with E-state index in [-0.39, 0.29) is 24.0 Å². The summed E-state index contributed by atoms with van der Waals surface area (Å²) in [5.74, 6) is -1.60. The Labute approximate surface area is 220 Å². The van der Waals surface area contributed by atoms with Crippen molar-refractivity contribution < 1.29 is 24.6 Å². The van der Waals surface area contributed by atoms with Gasteiger partial charge in [0.2, 0.25) is 0 Å². The first-order chi connectivity index (χ1) is 18.3. The predicted molar refractivity (Wildman–Crippen MR) is 147 cm³/mol. The molecule has 0 spiro atoms. The third kappa shape index (κ3) is 5.91. The fourth-order valence-electron chi connectivity index (χ4n) is 4.28. The number of anilines is 2. The van der Waals surface area contributed by atoms with Crippen LogP contribution in [0.25, 0.3) is 11.3 Å². The summed E-state index contributed by atoms with van der Waals surface area (Å²) in [5.41, 5.74) is 4.66.